The predicted molar refractivity (Wildman–Crippen MR) is 87.1 cm³/mol. The van der Waals surface area contributed by atoms with Crippen molar-refractivity contribution < 1.29 is 49.2 Å². The van der Waals surface area contributed by atoms with Crippen LogP contribution >= 0.6 is 0 Å². The van der Waals surface area contributed by atoms with Gasteiger partial charge >= 0.3 is 5.97 Å². The van der Waals surface area contributed by atoms with E-state index in [0.717, 1.165) is 0 Å². The Morgan fingerprint density at radius 2 is 1.08 bits per heavy atom. The summed E-state index contributed by atoms with van der Waals surface area (Å²) < 4.78 is 4.84. The van der Waals surface area contributed by atoms with Gasteiger partial charge in [0.25, 0.3) is 0 Å². The summed E-state index contributed by atoms with van der Waals surface area (Å²) in [5.74, 6) is -2.38. The van der Waals surface area contributed by atoms with Crippen molar-refractivity contribution >= 4 is 5.97 Å². The van der Waals surface area contributed by atoms with Gasteiger partial charge in [-0.2, -0.15) is 19.6 Å². The molecule has 0 heterocycles. The number of rotatable bonds is 15. The average Bonchev–Trinajstić information content (AvgIpc) is 2.56. The monoisotopic (exact) mass is 384 g/mol. The summed E-state index contributed by atoms with van der Waals surface area (Å²) in [6.45, 7) is 14.1. The molecule has 0 rings (SSSR count). The van der Waals surface area contributed by atoms with E-state index in [1.165, 1.54) is 6.92 Å². The van der Waals surface area contributed by atoms with E-state index >= 15 is 0 Å². The third-order valence-electron chi connectivity index (χ3n) is 3.47. The molecule has 0 bridgehead atoms. The molecule has 0 aromatic rings. The number of ether oxygens (including phenoxy) is 1. The summed E-state index contributed by atoms with van der Waals surface area (Å²) in [6, 6.07) is 0. The molecule has 0 aliphatic rings. The molecule has 156 valence electrons. The maximum atomic E-state index is 11.7. The van der Waals surface area contributed by atoms with Crippen LogP contribution < -0.4 is 0 Å². The minimum atomic E-state index is -1.76. The Hall–Kier alpha value is -0.850. The fraction of sp³-hybridized carbons (Fsp3) is 0.938. The van der Waals surface area contributed by atoms with Crippen molar-refractivity contribution in [1.29, 1.82) is 0 Å². The third-order valence-corrected chi connectivity index (χ3v) is 3.47. The lowest BCUT2D eigenvalue weighted by Crippen LogP contribution is -2.37. The van der Waals surface area contributed by atoms with Gasteiger partial charge in [0.15, 0.2) is 0 Å². The van der Waals surface area contributed by atoms with Crippen molar-refractivity contribution in [2.24, 2.45) is 0 Å². The second kappa shape index (κ2) is 11.8. The van der Waals surface area contributed by atoms with Crippen LogP contribution in [0.4, 0.5) is 0 Å². The molecule has 0 aromatic heterocycles. The smallest absolute Gasteiger partial charge is 0.311 e. The van der Waals surface area contributed by atoms with Crippen LogP contribution in [0, 0.1) is 0 Å². The first-order chi connectivity index (χ1) is 12.0. The standard InChI is InChI=1S/C16H32O10/c1-9-14(4,5)19-23-25-21-16(8,12-13(17)18-11-3)22-26-24-20-15(6,7)10-2/h9-12H2,1-8H3. The molecule has 0 aliphatic carbocycles. The molecule has 10 nitrogen and oxygen atoms in total. The topological polar surface area (TPSA) is 100 Å². The van der Waals surface area contributed by atoms with Crippen LogP contribution in [0.2, 0.25) is 0 Å². The van der Waals surface area contributed by atoms with Crippen LogP contribution in [0.15, 0.2) is 0 Å². The van der Waals surface area contributed by atoms with Crippen molar-refractivity contribution in [3.05, 3.63) is 0 Å². The van der Waals surface area contributed by atoms with Gasteiger partial charge < -0.3 is 4.74 Å². The fourth-order valence-electron chi connectivity index (χ4n) is 1.05. The maximum absolute atomic E-state index is 11.7. The number of carbonyl (C=O) groups excluding carboxylic acids is 1. The fourth-order valence-corrected chi connectivity index (χ4v) is 1.05. The van der Waals surface area contributed by atoms with Crippen LogP contribution in [0.5, 0.6) is 0 Å². The van der Waals surface area contributed by atoms with Gasteiger partial charge in [0, 0.05) is 0 Å². The Labute approximate surface area is 154 Å². The highest BCUT2D eigenvalue weighted by molar-refractivity contribution is 5.70. The van der Waals surface area contributed by atoms with Crippen molar-refractivity contribution in [2.45, 2.75) is 91.6 Å². The highest BCUT2D eigenvalue weighted by Gasteiger charge is 2.36. The largest absolute Gasteiger partial charge is 0.466 e. The highest BCUT2D eigenvalue weighted by atomic mass is 17.7. The van der Waals surface area contributed by atoms with Crippen LogP contribution in [0.3, 0.4) is 0 Å². The molecule has 0 aromatic carbocycles. The molecular weight excluding hydrogens is 352 g/mol. The van der Waals surface area contributed by atoms with E-state index in [1.54, 1.807) is 34.6 Å². The van der Waals surface area contributed by atoms with E-state index in [2.05, 4.69) is 20.2 Å². The summed E-state index contributed by atoms with van der Waals surface area (Å²) in [6.07, 6.45) is 0.935. The highest BCUT2D eigenvalue weighted by Crippen LogP contribution is 2.22. The SMILES string of the molecule is CCOC(=O)CC(C)(OOOOC(C)(C)CC)OOOOC(C)(C)CC. The van der Waals surface area contributed by atoms with Gasteiger partial charge in [-0.3, -0.25) is 4.79 Å². The first-order valence-electron chi connectivity index (χ1n) is 8.55. The summed E-state index contributed by atoms with van der Waals surface area (Å²) >= 11 is 0. The van der Waals surface area contributed by atoms with E-state index in [9.17, 15) is 4.79 Å². The lowest BCUT2D eigenvalue weighted by molar-refractivity contribution is -0.727. The van der Waals surface area contributed by atoms with Crippen molar-refractivity contribution in [3.63, 3.8) is 0 Å². The molecule has 0 radical (unpaired) electrons. The molecule has 0 amide bonds. The van der Waals surface area contributed by atoms with Gasteiger partial charge in [0.1, 0.15) is 17.6 Å². The first-order valence-corrected chi connectivity index (χ1v) is 8.55. The Balaban J connectivity index is 4.53. The van der Waals surface area contributed by atoms with Crippen molar-refractivity contribution in [3.8, 4) is 0 Å². The molecule has 0 saturated carbocycles. The van der Waals surface area contributed by atoms with Crippen molar-refractivity contribution in [2.75, 3.05) is 6.61 Å². The zero-order valence-electron chi connectivity index (χ0n) is 16.9. The molecule has 26 heavy (non-hydrogen) atoms. The summed E-state index contributed by atoms with van der Waals surface area (Å²) in [5, 5.41) is 18.1. The zero-order valence-corrected chi connectivity index (χ0v) is 16.9. The van der Waals surface area contributed by atoms with Gasteiger partial charge in [0.2, 0.25) is 5.79 Å². The molecule has 0 atom stereocenters. The Morgan fingerprint density at radius 1 is 0.692 bits per heavy atom. The third kappa shape index (κ3) is 11.7. The summed E-state index contributed by atoms with van der Waals surface area (Å²) in [5.41, 5.74) is -1.19. The molecule has 0 aliphatic heterocycles. The van der Waals surface area contributed by atoms with Crippen LogP contribution in [-0.2, 0) is 49.2 Å². The van der Waals surface area contributed by atoms with E-state index in [0.29, 0.717) is 12.8 Å². The lowest BCUT2D eigenvalue weighted by Gasteiger charge is -2.26. The van der Waals surface area contributed by atoms with Crippen LogP contribution in [0.25, 0.3) is 0 Å². The van der Waals surface area contributed by atoms with E-state index in [4.69, 9.17) is 24.3 Å². The van der Waals surface area contributed by atoms with Gasteiger partial charge in [-0.15, -0.1) is 0 Å². The minimum absolute atomic E-state index is 0.186. The quantitative estimate of drug-likeness (QED) is 0.137. The van der Waals surface area contributed by atoms with E-state index in [1.807, 2.05) is 13.8 Å². The second-order valence-electron chi connectivity index (χ2n) is 6.95. The number of esters is 1. The number of hydrogen-bond donors (Lipinski definition) is 0. The normalized spacial score (nSPS) is 13.1. The van der Waals surface area contributed by atoms with E-state index < -0.39 is 23.0 Å². The molecule has 0 unspecified atom stereocenters. The number of carbonyl (C=O) groups is 1. The average molecular weight is 384 g/mol. The summed E-state index contributed by atoms with van der Waals surface area (Å²) in [4.78, 5) is 31.5. The molecule has 0 spiro atoms. The molecule has 10 heteroatoms. The minimum Gasteiger partial charge on any atom is -0.466 e. The Morgan fingerprint density at radius 3 is 1.42 bits per heavy atom. The maximum Gasteiger partial charge on any atom is 0.311 e. The second-order valence-corrected chi connectivity index (χ2v) is 6.95. The van der Waals surface area contributed by atoms with Gasteiger partial charge in [0.05, 0.1) is 6.61 Å². The molecule has 0 N–H and O–H groups in total. The number of hydrogen-bond acceptors (Lipinski definition) is 10. The van der Waals surface area contributed by atoms with Gasteiger partial charge in [-0.05, 0) is 74.5 Å². The van der Waals surface area contributed by atoms with Gasteiger partial charge in [-0.25, -0.2) is 0 Å². The van der Waals surface area contributed by atoms with Crippen LogP contribution in [0.1, 0.15) is 74.7 Å². The molecular formula is C16H32O10. The van der Waals surface area contributed by atoms with Gasteiger partial charge in [-0.1, -0.05) is 13.8 Å². The van der Waals surface area contributed by atoms with Crippen LogP contribution in [-0.4, -0.2) is 29.6 Å². The summed E-state index contributed by atoms with van der Waals surface area (Å²) in [7, 11) is 0. The van der Waals surface area contributed by atoms with Crippen molar-refractivity contribution in [1.82, 2.24) is 0 Å². The Bertz CT molecular complexity index is 372. The molecule has 0 saturated heterocycles. The zero-order chi connectivity index (χ0) is 20.3. The lowest BCUT2D eigenvalue weighted by atomic mass is 10.1. The van der Waals surface area contributed by atoms with E-state index in [-0.39, 0.29) is 13.0 Å². The molecule has 0 fully saturated rings. The first kappa shape index (κ1) is 25.1. The Kier molecular flexibility index (Phi) is 11.4. The predicted octanol–water partition coefficient (Wildman–Crippen LogP) is 3.66.